The van der Waals surface area contributed by atoms with Crippen LogP contribution >= 0.6 is 11.8 Å². The maximum Gasteiger partial charge on any atom is 0.250 e. The van der Waals surface area contributed by atoms with Crippen LogP contribution in [0.1, 0.15) is 16.7 Å². The molecule has 1 heterocycles. The number of aryl methyl sites for hydroxylation is 2. The SMILES string of the molecule is Cc1ccc(-c2nnc(SCC(=O)N/N=C\C=C\c3ccccc3)n2-c2ccc(C)cc2)cc1. The quantitative estimate of drug-likeness (QED) is 0.212. The van der Waals surface area contributed by atoms with Gasteiger partial charge >= 0.3 is 0 Å². The van der Waals surface area contributed by atoms with Crippen LogP contribution in [0.5, 0.6) is 0 Å². The van der Waals surface area contributed by atoms with Gasteiger partial charge in [0.25, 0.3) is 5.91 Å². The van der Waals surface area contributed by atoms with Gasteiger partial charge in [0.05, 0.1) is 5.75 Å². The normalized spacial score (nSPS) is 11.4. The van der Waals surface area contributed by atoms with Crippen LogP contribution in [0.15, 0.2) is 95.2 Å². The average Bonchev–Trinajstić information content (AvgIpc) is 3.28. The number of aromatic nitrogens is 3. The first-order valence-corrected chi connectivity index (χ1v) is 11.8. The van der Waals surface area contributed by atoms with Crippen LogP contribution in [-0.4, -0.2) is 32.6 Å². The standard InChI is InChI=1S/C27H25N5OS/c1-20-10-14-23(15-11-20)26-30-31-27(32(26)24-16-12-21(2)13-17-24)34-19-25(33)29-28-18-6-9-22-7-4-3-5-8-22/h3-18H,19H2,1-2H3,(H,29,33)/b9-6+,28-18-. The molecule has 0 saturated heterocycles. The number of hydrogen-bond donors (Lipinski definition) is 1. The summed E-state index contributed by atoms with van der Waals surface area (Å²) in [5, 5.41) is 13.4. The zero-order valence-corrected chi connectivity index (χ0v) is 19.9. The van der Waals surface area contributed by atoms with Crippen LogP contribution < -0.4 is 5.43 Å². The molecule has 0 radical (unpaired) electrons. The molecule has 0 aliphatic carbocycles. The molecule has 0 saturated carbocycles. The molecule has 0 aliphatic heterocycles. The van der Waals surface area contributed by atoms with Crippen molar-refractivity contribution in [2.24, 2.45) is 5.10 Å². The third-order valence-corrected chi connectivity index (χ3v) is 5.93. The van der Waals surface area contributed by atoms with E-state index in [0.29, 0.717) is 5.16 Å². The average molecular weight is 468 g/mol. The number of nitrogens with zero attached hydrogens (tertiary/aromatic N) is 4. The molecule has 4 rings (SSSR count). The molecule has 34 heavy (non-hydrogen) atoms. The summed E-state index contributed by atoms with van der Waals surface area (Å²) in [6, 6.07) is 26.2. The molecule has 4 aromatic rings. The molecule has 0 unspecified atom stereocenters. The van der Waals surface area contributed by atoms with Gasteiger partial charge in [-0.25, -0.2) is 5.43 Å². The third-order valence-electron chi connectivity index (χ3n) is 5.01. The molecular formula is C27H25N5OS. The van der Waals surface area contributed by atoms with Gasteiger partial charge in [0, 0.05) is 17.5 Å². The van der Waals surface area contributed by atoms with Crippen LogP contribution in [-0.2, 0) is 4.79 Å². The molecule has 3 aromatic carbocycles. The fraction of sp³-hybridized carbons (Fsp3) is 0.111. The Hall–Kier alpha value is -3.97. The smallest absolute Gasteiger partial charge is 0.250 e. The maximum absolute atomic E-state index is 12.3. The maximum atomic E-state index is 12.3. The minimum Gasteiger partial charge on any atom is -0.272 e. The summed E-state index contributed by atoms with van der Waals surface area (Å²) in [6.45, 7) is 4.10. The highest BCUT2D eigenvalue weighted by molar-refractivity contribution is 7.99. The number of nitrogens with one attached hydrogen (secondary N) is 1. The number of allylic oxidation sites excluding steroid dienone is 1. The summed E-state index contributed by atoms with van der Waals surface area (Å²) in [7, 11) is 0. The van der Waals surface area contributed by atoms with Gasteiger partial charge in [-0.05, 0) is 37.6 Å². The summed E-state index contributed by atoms with van der Waals surface area (Å²) in [5.41, 5.74) is 7.87. The lowest BCUT2D eigenvalue weighted by Crippen LogP contribution is -2.19. The molecule has 7 heteroatoms. The minimum absolute atomic E-state index is 0.164. The molecule has 0 spiro atoms. The van der Waals surface area contributed by atoms with Gasteiger partial charge in [0.15, 0.2) is 11.0 Å². The Bertz CT molecular complexity index is 1290. The van der Waals surface area contributed by atoms with Crippen molar-refractivity contribution in [1.29, 1.82) is 0 Å². The number of hydrogen-bond acceptors (Lipinski definition) is 5. The summed E-state index contributed by atoms with van der Waals surface area (Å²) in [4.78, 5) is 12.3. The fourth-order valence-corrected chi connectivity index (χ4v) is 3.96. The third kappa shape index (κ3) is 6.08. The zero-order valence-electron chi connectivity index (χ0n) is 19.1. The van der Waals surface area contributed by atoms with Crippen LogP contribution in [0.4, 0.5) is 0 Å². The molecule has 0 bridgehead atoms. The molecule has 0 aliphatic rings. The van der Waals surface area contributed by atoms with Gasteiger partial charge < -0.3 is 0 Å². The van der Waals surface area contributed by atoms with Crippen molar-refractivity contribution < 1.29 is 4.79 Å². The van der Waals surface area contributed by atoms with Crippen molar-refractivity contribution in [1.82, 2.24) is 20.2 Å². The summed E-state index contributed by atoms with van der Waals surface area (Å²) >= 11 is 1.32. The van der Waals surface area contributed by atoms with E-state index in [4.69, 9.17) is 0 Å². The van der Waals surface area contributed by atoms with E-state index < -0.39 is 0 Å². The van der Waals surface area contributed by atoms with Crippen LogP contribution in [0.2, 0.25) is 0 Å². The number of carbonyl (C=O) groups is 1. The topological polar surface area (TPSA) is 72.2 Å². The lowest BCUT2D eigenvalue weighted by molar-refractivity contribution is -0.118. The first kappa shape index (κ1) is 23.2. The first-order valence-electron chi connectivity index (χ1n) is 10.9. The molecule has 0 fully saturated rings. The van der Waals surface area contributed by atoms with Crippen molar-refractivity contribution in [3.05, 3.63) is 102 Å². The molecule has 170 valence electrons. The number of benzene rings is 3. The van der Waals surface area contributed by atoms with Gasteiger partial charge in [-0.15, -0.1) is 10.2 Å². The Labute approximate surface area is 203 Å². The zero-order chi connectivity index (χ0) is 23.8. The highest BCUT2D eigenvalue weighted by atomic mass is 32.2. The van der Waals surface area contributed by atoms with E-state index in [1.807, 2.05) is 103 Å². The number of hydrazone groups is 1. The Morgan fingerprint density at radius 3 is 2.32 bits per heavy atom. The van der Waals surface area contributed by atoms with E-state index in [-0.39, 0.29) is 11.7 Å². The summed E-state index contributed by atoms with van der Waals surface area (Å²) in [6.07, 6.45) is 5.26. The second kappa shape index (κ2) is 11.2. The van der Waals surface area contributed by atoms with Gasteiger partial charge in [0.1, 0.15) is 0 Å². The minimum atomic E-state index is -0.218. The van der Waals surface area contributed by atoms with E-state index in [2.05, 4.69) is 20.7 Å². The largest absolute Gasteiger partial charge is 0.272 e. The van der Waals surface area contributed by atoms with Crippen molar-refractivity contribution in [3.8, 4) is 17.1 Å². The van der Waals surface area contributed by atoms with E-state index in [1.54, 1.807) is 12.3 Å². The van der Waals surface area contributed by atoms with Crippen molar-refractivity contribution in [3.63, 3.8) is 0 Å². The van der Waals surface area contributed by atoms with Crippen LogP contribution in [0, 0.1) is 13.8 Å². The molecular weight excluding hydrogens is 442 g/mol. The fourth-order valence-electron chi connectivity index (χ4n) is 3.21. The van der Waals surface area contributed by atoms with Crippen molar-refractivity contribution in [2.45, 2.75) is 19.0 Å². The highest BCUT2D eigenvalue weighted by Gasteiger charge is 2.17. The number of rotatable bonds is 8. The Morgan fingerprint density at radius 1 is 0.941 bits per heavy atom. The lowest BCUT2D eigenvalue weighted by Gasteiger charge is -2.11. The highest BCUT2D eigenvalue weighted by Crippen LogP contribution is 2.28. The molecule has 6 nitrogen and oxygen atoms in total. The molecule has 0 atom stereocenters. The number of thioether (sulfide) groups is 1. The Balaban J connectivity index is 1.45. The van der Waals surface area contributed by atoms with Gasteiger partial charge in [-0.1, -0.05) is 95.7 Å². The monoisotopic (exact) mass is 467 g/mol. The van der Waals surface area contributed by atoms with E-state index in [0.717, 1.165) is 22.6 Å². The molecule has 1 aromatic heterocycles. The summed E-state index contributed by atoms with van der Waals surface area (Å²) < 4.78 is 1.98. The van der Waals surface area contributed by atoms with Crippen LogP contribution in [0.3, 0.4) is 0 Å². The van der Waals surface area contributed by atoms with Gasteiger partial charge in [0.2, 0.25) is 0 Å². The number of amides is 1. The Morgan fingerprint density at radius 2 is 1.62 bits per heavy atom. The lowest BCUT2D eigenvalue weighted by atomic mass is 10.1. The predicted octanol–water partition coefficient (Wildman–Crippen LogP) is 5.46. The second-order valence-electron chi connectivity index (χ2n) is 7.71. The van der Waals surface area contributed by atoms with Crippen LogP contribution in [0.25, 0.3) is 23.2 Å². The van der Waals surface area contributed by atoms with E-state index in [1.165, 1.54) is 22.9 Å². The van der Waals surface area contributed by atoms with Gasteiger partial charge in [-0.2, -0.15) is 5.10 Å². The summed E-state index contributed by atoms with van der Waals surface area (Å²) in [5.74, 6) is 0.679. The molecule has 1 amide bonds. The van der Waals surface area contributed by atoms with Crippen molar-refractivity contribution >= 4 is 30.0 Å². The number of carbonyl (C=O) groups excluding carboxylic acids is 1. The predicted molar refractivity (Wildman–Crippen MR) is 139 cm³/mol. The van der Waals surface area contributed by atoms with Crippen molar-refractivity contribution in [2.75, 3.05) is 5.75 Å². The second-order valence-corrected chi connectivity index (χ2v) is 8.66. The first-order chi connectivity index (χ1) is 16.6. The molecule has 1 N–H and O–H groups in total. The Kier molecular flexibility index (Phi) is 7.67. The van der Waals surface area contributed by atoms with E-state index in [9.17, 15) is 4.79 Å². The van der Waals surface area contributed by atoms with E-state index >= 15 is 0 Å². The van der Waals surface area contributed by atoms with Gasteiger partial charge in [-0.3, -0.25) is 9.36 Å².